The van der Waals surface area contributed by atoms with Crippen LogP contribution in [0, 0.1) is 0 Å². The van der Waals surface area contributed by atoms with Gasteiger partial charge in [0.1, 0.15) is 0 Å². The smallest absolute Gasteiger partial charge is 0.339 e. The van der Waals surface area contributed by atoms with Crippen molar-refractivity contribution in [2.24, 2.45) is 0 Å². The Hall–Kier alpha value is -1.68. The zero-order valence-corrected chi connectivity index (χ0v) is 8.84. The van der Waals surface area contributed by atoms with Crippen LogP contribution in [0.25, 0.3) is 10.1 Å². The molecule has 0 aliphatic rings. The van der Waals surface area contributed by atoms with Gasteiger partial charge >= 0.3 is 5.97 Å². The van der Waals surface area contributed by atoms with Gasteiger partial charge in [0.25, 0.3) is 0 Å². The van der Waals surface area contributed by atoms with E-state index < -0.39 is 0 Å². The third kappa shape index (κ3) is 1.53. The Labute approximate surface area is 90.3 Å². The Morgan fingerprint density at radius 1 is 1.47 bits per heavy atom. The van der Waals surface area contributed by atoms with Crippen LogP contribution in [0.2, 0.25) is 0 Å². The average molecular weight is 220 g/mol. The van der Waals surface area contributed by atoms with Crippen LogP contribution in [0.1, 0.15) is 20.7 Å². The lowest BCUT2D eigenvalue weighted by atomic mass is 10.1. The van der Waals surface area contributed by atoms with Gasteiger partial charge in [-0.15, -0.1) is 11.3 Å². The van der Waals surface area contributed by atoms with Gasteiger partial charge in [0.2, 0.25) is 0 Å². The van der Waals surface area contributed by atoms with Gasteiger partial charge < -0.3 is 4.74 Å². The molecule has 3 nitrogen and oxygen atoms in total. The number of carbonyl (C=O) groups is 2. The molecule has 1 aromatic carbocycles. The summed E-state index contributed by atoms with van der Waals surface area (Å²) >= 11 is 1.38. The van der Waals surface area contributed by atoms with E-state index in [-0.39, 0.29) is 5.97 Å². The number of hydrogen-bond acceptors (Lipinski definition) is 4. The number of methoxy groups -OCH3 is 1. The minimum atomic E-state index is -0.375. The quantitative estimate of drug-likeness (QED) is 0.577. The maximum absolute atomic E-state index is 11.4. The molecule has 0 radical (unpaired) electrons. The van der Waals surface area contributed by atoms with E-state index in [9.17, 15) is 9.59 Å². The summed E-state index contributed by atoms with van der Waals surface area (Å²) in [7, 11) is 1.34. The van der Waals surface area contributed by atoms with Crippen molar-refractivity contribution in [2.75, 3.05) is 7.11 Å². The summed E-state index contributed by atoms with van der Waals surface area (Å²) in [4.78, 5) is 22.1. The molecule has 0 aliphatic carbocycles. The van der Waals surface area contributed by atoms with E-state index in [0.29, 0.717) is 11.1 Å². The Kier molecular flexibility index (Phi) is 2.51. The maximum atomic E-state index is 11.4. The zero-order chi connectivity index (χ0) is 10.8. The fraction of sp³-hybridized carbons (Fsp3) is 0.0909. The second kappa shape index (κ2) is 3.82. The van der Waals surface area contributed by atoms with Gasteiger partial charge in [0.05, 0.1) is 12.7 Å². The van der Waals surface area contributed by atoms with Crippen LogP contribution in [-0.2, 0) is 4.74 Å². The molecule has 4 heteroatoms. The third-order valence-corrected chi connectivity index (χ3v) is 3.21. The van der Waals surface area contributed by atoms with E-state index in [0.717, 1.165) is 16.4 Å². The van der Waals surface area contributed by atoms with Gasteiger partial charge in [-0.1, -0.05) is 12.1 Å². The molecule has 0 saturated carbocycles. The Bertz CT molecular complexity index is 528. The number of rotatable bonds is 2. The SMILES string of the molecule is COC(=O)c1cccc2c(C=O)csc12. The van der Waals surface area contributed by atoms with Gasteiger partial charge in [-0.25, -0.2) is 4.79 Å². The van der Waals surface area contributed by atoms with Crippen LogP contribution >= 0.6 is 11.3 Å². The highest BCUT2D eigenvalue weighted by atomic mass is 32.1. The van der Waals surface area contributed by atoms with Crippen LogP contribution < -0.4 is 0 Å². The molecule has 0 spiro atoms. The van der Waals surface area contributed by atoms with Crippen molar-refractivity contribution in [2.45, 2.75) is 0 Å². The van der Waals surface area contributed by atoms with Gasteiger partial charge in [-0.3, -0.25) is 4.79 Å². The second-order valence-electron chi connectivity index (χ2n) is 2.98. The molecule has 0 amide bonds. The highest BCUT2D eigenvalue weighted by molar-refractivity contribution is 7.18. The van der Waals surface area contributed by atoms with Gasteiger partial charge in [0.15, 0.2) is 6.29 Å². The number of carbonyl (C=O) groups excluding carboxylic acids is 2. The fourth-order valence-corrected chi connectivity index (χ4v) is 2.46. The molecule has 0 bridgehead atoms. The van der Waals surface area contributed by atoms with E-state index >= 15 is 0 Å². The van der Waals surface area contributed by atoms with Crippen molar-refractivity contribution < 1.29 is 14.3 Å². The largest absolute Gasteiger partial charge is 0.465 e. The zero-order valence-electron chi connectivity index (χ0n) is 8.02. The first-order chi connectivity index (χ1) is 7.27. The molecule has 0 atom stereocenters. The summed E-state index contributed by atoms with van der Waals surface area (Å²) in [5, 5.41) is 2.54. The summed E-state index contributed by atoms with van der Waals surface area (Å²) < 4.78 is 5.46. The first kappa shape index (κ1) is 9.86. The first-order valence-electron chi connectivity index (χ1n) is 4.31. The normalized spacial score (nSPS) is 10.2. The van der Waals surface area contributed by atoms with Crippen LogP contribution in [0.5, 0.6) is 0 Å². The fourth-order valence-electron chi connectivity index (χ4n) is 1.44. The molecule has 1 heterocycles. The molecule has 2 aromatic rings. The lowest BCUT2D eigenvalue weighted by molar-refractivity contribution is 0.0603. The Morgan fingerprint density at radius 2 is 2.27 bits per heavy atom. The monoisotopic (exact) mass is 220 g/mol. The molecular weight excluding hydrogens is 212 g/mol. The van der Waals surface area contributed by atoms with E-state index in [1.54, 1.807) is 17.5 Å². The average Bonchev–Trinajstić information content (AvgIpc) is 2.70. The van der Waals surface area contributed by atoms with Crippen molar-refractivity contribution in [1.29, 1.82) is 0 Å². The minimum absolute atomic E-state index is 0.375. The van der Waals surface area contributed by atoms with Gasteiger partial charge in [-0.05, 0) is 6.07 Å². The second-order valence-corrected chi connectivity index (χ2v) is 3.86. The van der Waals surface area contributed by atoms with Crippen molar-refractivity contribution in [3.05, 3.63) is 34.7 Å². The van der Waals surface area contributed by atoms with Crippen LogP contribution in [0.3, 0.4) is 0 Å². The van der Waals surface area contributed by atoms with E-state index in [2.05, 4.69) is 4.74 Å². The van der Waals surface area contributed by atoms with E-state index in [1.807, 2.05) is 6.07 Å². The van der Waals surface area contributed by atoms with Crippen LogP contribution in [0.4, 0.5) is 0 Å². The number of ether oxygens (including phenoxy) is 1. The van der Waals surface area contributed by atoms with Crippen LogP contribution in [0.15, 0.2) is 23.6 Å². The molecule has 0 fully saturated rings. The summed E-state index contributed by atoms with van der Waals surface area (Å²) in [6.07, 6.45) is 0.792. The third-order valence-electron chi connectivity index (χ3n) is 2.16. The Morgan fingerprint density at radius 3 is 2.93 bits per heavy atom. The van der Waals surface area contributed by atoms with E-state index in [4.69, 9.17) is 0 Å². The summed E-state index contributed by atoms with van der Waals surface area (Å²) in [6.45, 7) is 0. The van der Waals surface area contributed by atoms with E-state index in [1.165, 1.54) is 18.4 Å². The highest BCUT2D eigenvalue weighted by Gasteiger charge is 2.13. The topological polar surface area (TPSA) is 43.4 Å². The summed E-state index contributed by atoms with van der Waals surface area (Å²) in [5.41, 5.74) is 1.12. The number of esters is 1. The standard InChI is InChI=1S/C11H8O3S/c1-14-11(13)9-4-2-3-8-7(5-12)6-15-10(8)9/h2-6H,1H3. The predicted molar refractivity (Wildman–Crippen MR) is 58.6 cm³/mol. The highest BCUT2D eigenvalue weighted by Crippen LogP contribution is 2.28. The first-order valence-corrected chi connectivity index (χ1v) is 5.19. The minimum Gasteiger partial charge on any atom is -0.465 e. The molecular formula is C11H8O3S. The number of thiophene rings is 1. The number of fused-ring (bicyclic) bond motifs is 1. The summed E-state index contributed by atoms with van der Waals surface area (Å²) in [6, 6.07) is 5.26. The van der Waals surface area contributed by atoms with Crippen molar-refractivity contribution in [3.63, 3.8) is 0 Å². The molecule has 1 aromatic heterocycles. The molecule has 0 saturated heterocycles. The number of aldehydes is 1. The van der Waals surface area contributed by atoms with Gasteiger partial charge in [-0.2, -0.15) is 0 Å². The van der Waals surface area contributed by atoms with Crippen molar-refractivity contribution in [1.82, 2.24) is 0 Å². The summed E-state index contributed by atoms with van der Waals surface area (Å²) in [5.74, 6) is -0.375. The lowest BCUT2D eigenvalue weighted by Crippen LogP contribution is -2.00. The molecule has 2 rings (SSSR count). The van der Waals surface area contributed by atoms with Crippen LogP contribution in [-0.4, -0.2) is 19.4 Å². The molecule has 0 N–H and O–H groups in total. The Balaban J connectivity index is 2.72. The number of hydrogen-bond donors (Lipinski definition) is 0. The van der Waals surface area contributed by atoms with Crippen molar-refractivity contribution in [3.8, 4) is 0 Å². The van der Waals surface area contributed by atoms with Crippen molar-refractivity contribution >= 4 is 33.7 Å². The van der Waals surface area contributed by atoms with Gasteiger partial charge in [0, 0.05) is 21.0 Å². The lowest BCUT2D eigenvalue weighted by Gasteiger charge is -2.00. The molecule has 76 valence electrons. The molecule has 0 aliphatic heterocycles. The predicted octanol–water partition coefficient (Wildman–Crippen LogP) is 2.50. The number of benzene rings is 1. The molecule has 0 unspecified atom stereocenters. The maximum Gasteiger partial charge on any atom is 0.339 e. The molecule has 15 heavy (non-hydrogen) atoms.